The lowest BCUT2D eigenvalue weighted by atomic mass is 10.1. The second-order valence-electron chi connectivity index (χ2n) is 6.05. The molecule has 0 atom stereocenters. The van der Waals surface area contributed by atoms with Crippen LogP contribution < -0.4 is 0 Å². The van der Waals surface area contributed by atoms with Crippen LogP contribution in [0.2, 0.25) is 0 Å². The van der Waals surface area contributed by atoms with Crippen LogP contribution in [0.25, 0.3) is 6.08 Å². The minimum absolute atomic E-state index is 0.0234. The van der Waals surface area contributed by atoms with Crippen LogP contribution in [0.1, 0.15) is 27.3 Å². The van der Waals surface area contributed by atoms with Gasteiger partial charge in [-0.1, -0.05) is 29.8 Å². The van der Waals surface area contributed by atoms with Crippen molar-refractivity contribution in [3.8, 4) is 0 Å². The molecule has 0 saturated heterocycles. The quantitative estimate of drug-likeness (QED) is 0.572. The van der Waals surface area contributed by atoms with Crippen molar-refractivity contribution in [3.63, 3.8) is 0 Å². The summed E-state index contributed by atoms with van der Waals surface area (Å²) in [5.74, 6) is 0.759. The first-order valence-corrected chi connectivity index (χ1v) is 9.09. The minimum Gasteiger partial charge on any atom is -0.467 e. The first kappa shape index (κ1) is 17.2. The van der Waals surface area contributed by atoms with Crippen LogP contribution in [0.3, 0.4) is 0 Å². The van der Waals surface area contributed by atoms with Crippen molar-refractivity contribution >= 4 is 23.3 Å². The van der Waals surface area contributed by atoms with Crippen LogP contribution in [0, 0.1) is 13.8 Å². The van der Waals surface area contributed by atoms with Crippen molar-refractivity contribution in [2.75, 3.05) is 0 Å². The molecule has 3 aromatic rings. The second-order valence-corrected chi connectivity index (χ2v) is 7.08. The molecule has 0 unspecified atom stereocenters. The summed E-state index contributed by atoms with van der Waals surface area (Å²) in [6.07, 6.45) is 5.17. The van der Waals surface area contributed by atoms with Crippen LogP contribution >= 0.6 is 11.3 Å². The maximum Gasteiger partial charge on any atom is 0.247 e. The summed E-state index contributed by atoms with van der Waals surface area (Å²) < 4.78 is 5.41. The maximum absolute atomic E-state index is 12.7. The monoisotopic (exact) mass is 351 g/mol. The molecule has 0 radical (unpaired) electrons. The molecule has 0 fully saturated rings. The zero-order valence-electron chi connectivity index (χ0n) is 14.4. The molecular formula is C21H21NO2S. The Kier molecular flexibility index (Phi) is 5.51. The third-order valence-electron chi connectivity index (χ3n) is 4.00. The molecule has 25 heavy (non-hydrogen) atoms. The number of nitrogens with zero attached hydrogens (tertiary/aromatic N) is 1. The smallest absolute Gasteiger partial charge is 0.247 e. The van der Waals surface area contributed by atoms with Gasteiger partial charge in [-0.25, -0.2) is 0 Å². The number of carbonyl (C=O) groups is 1. The first-order chi connectivity index (χ1) is 12.1. The number of hydrogen-bond acceptors (Lipinski definition) is 3. The van der Waals surface area contributed by atoms with E-state index in [0.717, 1.165) is 16.2 Å². The zero-order valence-corrected chi connectivity index (χ0v) is 15.3. The Morgan fingerprint density at radius 1 is 1.16 bits per heavy atom. The highest BCUT2D eigenvalue weighted by molar-refractivity contribution is 7.09. The van der Waals surface area contributed by atoms with E-state index in [0.29, 0.717) is 13.1 Å². The Bertz CT molecular complexity index is 812. The number of thiophene rings is 1. The number of hydrogen-bond donors (Lipinski definition) is 0. The van der Waals surface area contributed by atoms with Gasteiger partial charge in [0.1, 0.15) is 5.76 Å². The van der Waals surface area contributed by atoms with Gasteiger partial charge in [-0.2, -0.15) is 0 Å². The molecule has 3 nitrogen and oxygen atoms in total. The number of carbonyl (C=O) groups excluding carboxylic acids is 1. The highest BCUT2D eigenvalue weighted by atomic mass is 32.1. The molecule has 4 heteroatoms. The van der Waals surface area contributed by atoms with E-state index >= 15 is 0 Å². The summed E-state index contributed by atoms with van der Waals surface area (Å²) in [6.45, 7) is 5.16. The molecule has 1 aromatic carbocycles. The van der Waals surface area contributed by atoms with Gasteiger partial charge in [0.2, 0.25) is 5.91 Å². The lowest BCUT2D eigenvalue weighted by Crippen LogP contribution is -2.28. The van der Waals surface area contributed by atoms with E-state index < -0.39 is 0 Å². The molecule has 0 saturated carbocycles. The summed E-state index contributed by atoms with van der Waals surface area (Å²) in [6, 6.07) is 14.0. The molecular weight excluding hydrogens is 330 g/mol. The van der Waals surface area contributed by atoms with Gasteiger partial charge in [0.25, 0.3) is 0 Å². The number of aryl methyl sites for hydroxylation is 2. The standard InChI is InChI=1S/C21H21NO2S/c1-16-7-8-18(17(2)13-16)9-10-21(23)22(14-19-5-3-11-24-19)15-20-6-4-12-25-20/h3-13H,14-15H2,1-2H3/b10-9+. The number of amides is 1. The fraction of sp³-hybridized carbons (Fsp3) is 0.190. The van der Waals surface area contributed by atoms with Crippen molar-refractivity contribution in [1.82, 2.24) is 4.90 Å². The fourth-order valence-electron chi connectivity index (χ4n) is 2.67. The van der Waals surface area contributed by atoms with Crippen LogP contribution in [-0.2, 0) is 17.9 Å². The third-order valence-corrected chi connectivity index (χ3v) is 4.86. The molecule has 0 N–H and O–H groups in total. The van der Waals surface area contributed by atoms with Crippen molar-refractivity contribution in [3.05, 3.63) is 87.5 Å². The molecule has 2 aromatic heterocycles. The minimum atomic E-state index is -0.0234. The third kappa shape index (κ3) is 4.70. The summed E-state index contributed by atoms with van der Waals surface area (Å²) in [5.41, 5.74) is 3.45. The Hall–Kier alpha value is -2.59. The largest absolute Gasteiger partial charge is 0.467 e. The van der Waals surface area contributed by atoms with Gasteiger partial charge in [-0.15, -0.1) is 11.3 Å². The van der Waals surface area contributed by atoms with Crippen molar-refractivity contribution in [1.29, 1.82) is 0 Å². The Labute approximate surface area is 152 Å². The molecule has 128 valence electrons. The second kappa shape index (κ2) is 7.99. The Morgan fingerprint density at radius 3 is 2.72 bits per heavy atom. The van der Waals surface area contributed by atoms with Gasteiger partial charge in [0.15, 0.2) is 0 Å². The van der Waals surface area contributed by atoms with Crippen LogP contribution in [0.5, 0.6) is 0 Å². The topological polar surface area (TPSA) is 33.5 Å². The maximum atomic E-state index is 12.7. The van der Waals surface area contributed by atoms with E-state index in [4.69, 9.17) is 4.42 Å². The van der Waals surface area contributed by atoms with Gasteiger partial charge >= 0.3 is 0 Å². The van der Waals surface area contributed by atoms with E-state index in [1.165, 1.54) is 11.1 Å². The first-order valence-electron chi connectivity index (χ1n) is 8.21. The molecule has 0 aliphatic rings. The lowest BCUT2D eigenvalue weighted by Gasteiger charge is -2.19. The van der Waals surface area contributed by atoms with E-state index in [1.54, 1.807) is 28.6 Å². The highest BCUT2D eigenvalue weighted by Crippen LogP contribution is 2.17. The number of furan rings is 1. The van der Waals surface area contributed by atoms with E-state index in [1.807, 2.05) is 41.8 Å². The predicted molar refractivity (Wildman–Crippen MR) is 102 cm³/mol. The average Bonchev–Trinajstić information content (AvgIpc) is 3.27. The number of benzene rings is 1. The van der Waals surface area contributed by atoms with Crippen LogP contribution in [0.4, 0.5) is 0 Å². The van der Waals surface area contributed by atoms with Crippen molar-refractivity contribution in [2.24, 2.45) is 0 Å². The van der Waals surface area contributed by atoms with E-state index in [-0.39, 0.29) is 5.91 Å². The van der Waals surface area contributed by atoms with Gasteiger partial charge in [-0.3, -0.25) is 4.79 Å². The predicted octanol–water partition coefficient (Wildman–Crippen LogP) is 5.20. The zero-order chi connectivity index (χ0) is 17.6. The van der Waals surface area contributed by atoms with E-state index in [9.17, 15) is 4.79 Å². The van der Waals surface area contributed by atoms with Crippen molar-refractivity contribution < 1.29 is 9.21 Å². The molecule has 1 amide bonds. The summed E-state index contributed by atoms with van der Waals surface area (Å²) in [4.78, 5) is 15.7. The Balaban J connectivity index is 1.76. The van der Waals surface area contributed by atoms with Gasteiger partial charge in [0.05, 0.1) is 19.4 Å². The summed E-state index contributed by atoms with van der Waals surface area (Å²) >= 11 is 1.65. The average molecular weight is 351 g/mol. The normalized spacial score (nSPS) is 11.1. The van der Waals surface area contributed by atoms with Crippen molar-refractivity contribution in [2.45, 2.75) is 26.9 Å². The van der Waals surface area contributed by atoms with Gasteiger partial charge < -0.3 is 9.32 Å². The molecule has 0 aliphatic carbocycles. The lowest BCUT2D eigenvalue weighted by molar-refractivity contribution is -0.127. The summed E-state index contributed by atoms with van der Waals surface area (Å²) in [7, 11) is 0. The van der Waals surface area contributed by atoms with Gasteiger partial charge in [0, 0.05) is 11.0 Å². The summed E-state index contributed by atoms with van der Waals surface area (Å²) in [5, 5.41) is 2.02. The fourth-order valence-corrected chi connectivity index (χ4v) is 3.39. The van der Waals surface area contributed by atoms with E-state index in [2.05, 4.69) is 26.0 Å². The molecule has 2 heterocycles. The highest BCUT2D eigenvalue weighted by Gasteiger charge is 2.14. The molecule has 0 aliphatic heterocycles. The molecule has 3 rings (SSSR count). The van der Waals surface area contributed by atoms with Gasteiger partial charge in [-0.05, 0) is 54.6 Å². The SMILES string of the molecule is Cc1ccc(/C=C/C(=O)N(Cc2ccco2)Cc2cccs2)c(C)c1. The molecule has 0 bridgehead atoms. The van der Waals surface area contributed by atoms with Crippen LogP contribution in [0.15, 0.2) is 64.6 Å². The molecule has 0 spiro atoms. The number of rotatable bonds is 6. The Morgan fingerprint density at radius 2 is 2.04 bits per heavy atom. The van der Waals surface area contributed by atoms with Crippen LogP contribution in [-0.4, -0.2) is 10.8 Å².